The Balaban J connectivity index is 2.29. The number of anilines is 1. The second kappa shape index (κ2) is 6.59. The molecular weight excluding hydrogens is 312 g/mol. The van der Waals surface area contributed by atoms with Crippen molar-refractivity contribution in [3.05, 3.63) is 53.2 Å². The van der Waals surface area contributed by atoms with Gasteiger partial charge in [0.25, 0.3) is 10.0 Å². The molecule has 0 spiro atoms. The van der Waals surface area contributed by atoms with Gasteiger partial charge < -0.3 is 5.11 Å². The zero-order valence-corrected chi connectivity index (χ0v) is 12.3. The molecule has 0 unspecified atom stereocenters. The van der Waals surface area contributed by atoms with Gasteiger partial charge in [0.15, 0.2) is 0 Å². The molecular formula is C14H11ClN2O3S. The lowest BCUT2D eigenvalue weighted by atomic mass is 10.3. The highest BCUT2D eigenvalue weighted by Crippen LogP contribution is 2.18. The molecule has 0 radical (unpaired) electrons. The number of sulfonamides is 1. The van der Waals surface area contributed by atoms with Crippen LogP contribution in [0, 0.1) is 11.8 Å². The summed E-state index contributed by atoms with van der Waals surface area (Å²) in [5.74, 6) is 5.18. The van der Waals surface area contributed by atoms with Crippen molar-refractivity contribution in [1.29, 1.82) is 0 Å². The van der Waals surface area contributed by atoms with Gasteiger partial charge in [-0.2, -0.15) is 0 Å². The zero-order valence-electron chi connectivity index (χ0n) is 10.7. The number of nitrogens with zero attached hydrogens (tertiary/aromatic N) is 1. The molecule has 0 aliphatic rings. The molecule has 0 aliphatic carbocycles. The minimum Gasteiger partial charge on any atom is -0.384 e. The van der Waals surface area contributed by atoms with E-state index in [2.05, 4.69) is 21.5 Å². The van der Waals surface area contributed by atoms with Gasteiger partial charge in [-0.3, -0.25) is 4.72 Å². The Kier molecular flexibility index (Phi) is 4.81. The molecule has 5 nitrogen and oxygen atoms in total. The second-order valence-electron chi connectivity index (χ2n) is 3.93. The molecule has 0 saturated heterocycles. The first-order valence-corrected chi connectivity index (χ1v) is 7.72. The van der Waals surface area contributed by atoms with E-state index in [1.807, 2.05) is 0 Å². The molecule has 2 aromatic rings. The maximum Gasteiger partial charge on any atom is 0.263 e. The molecule has 0 bridgehead atoms. The first kappa shape index (κ1) is 15.3. The number of hydrogen-bond donors (Lipinski definition) is 2. The summed E-state index contributed by atoms with van der Waals surface area (Å²) in [4.78, 5) is 4.08. The van der Waals surface area contributed by atoms with E-state index in [1.165, 1.54) is 18.2 Å². The summed E-state index contributed by atoms with van der Waals surface area (Å²) in [6, 6.07) is 10.6. The fourth-order valence-corrected chi connectivity index (χ4v) is 2.82. The van der Waals surface area contributed by atoms with Crippen molar-refractivity contribution in [3.63, 3.8) is 0 Å². The van der Waals surface area contributed by atoms with E-state index in [0.717, 1.165) is 0 Å². The molecule has 1 aromatic heterocycles. The average Bonchev–Trinajstić information content (AvgIpc) is 2.45. The van der Waals surface area contributed by atoms with Crippen molar-refractivity contribution in [3.8, 4) is 11.8 Å². The van der Waals surface area contributed by atoms with Crippen LogP contribution < -0.4 is 4.72 Å². The number of hydrogen-bond acceptors (Lipinski definition) is 4. The molecule has 0 fully saturated rings. The van der Waals surface area contributed by atoms with Gasteiger partial charge in [-0.1, -0.05) is 29.7 Å². The predicted octanol–water partition coefficient (Wildman–Crippen LogP) is 1.88. The van der Waals surface area contributed by atoms with Gasteiger partial charge in [0.1, 0.15) is 18.1 Å². The molecule has 0 saturated carbocycles. The highest BCUT2D eigenvalue weighted by molar-refractivity contribution is 7.92. The fourth-order valence-electron chi connectivity index (χ4n) is 1.52. The molecule has 0 atom stereocenters. The van der Waals surface area contributed by atoms with Gasteiger partial charge >= 0.3 is 0 Å². The monoisotopic (exact) mass is 322 g/mol. The van der Waals surface area contributed by atoms with E-state index in [0.29, 0.717) is 10.7 Å². The van der Waals surface area contributed by atoms with Crippen molar-refractivity contribution < 1.29 is 13.5 Å². The first-order valence-electron chi connectivity index (χ1n) is 5.86. The van der Waals surface area contributed by atoms with Gasteiger partial charge in [-0.05, 0) is 36.3 Å². The summed E-state index contributed by atoms with van der Waals surface area (Å²) in [7, 11) is -3.77. The molecule has 7 heteroatoms. The molecule has 2 rings (SSSR count). The Morgan fingerprint density at radius 1 is 1.24 bits per heavy atom. The minimum absolute atomic E-state index is 0.0450. The molecule has 1 aromatic carbocycles. The Labute approximate surface area is 127 Å². The standard InChI is InChI=1S/C14H11ClN2O3S/c15-11-4-1-7-13(10-11)21(19,20)17-14-8-2-5-12(16-14)6-3-9-18/h1-2,4-5,7-8,10,18H,9H2,(H,16,17). The Morgan fingerprint density at radius 2 is 2.00 bits per heavy atom. The van der Waals surface area contributed by atoms with Crippen molar-refractivity contribution >= 4 is 27.4 Å². The average molecular weight is 323 g/mol. The SMILES string of the molecule is O=S(=O)(Nc1cccc(C#CCO)n1)c1cccc(Cl)c1. The third-order valence-corrected chi connectivity index (χ3v) is 3.98. The normalized spacial score (nSPS) is 10.6. The van der Waals surface area contributed by atoms with Crippen LogP contribution in [0.5, 0.6) is 0 Å². The number of benzene rings is 1. The van der Waals surface area contributed by atoms with Crippen molar-refractivity contribution in [1.82, 2.24) is 4.98 Å². The van der Waals surface area contributed by atoms with Crippen molar-refractivity contribution in [2.75, 3.05) is 11.3 Å². The summed E-state index contributed by atoms with van der Waals surface area (Å²) >= 11 is 5.79. The summed E-state index contributed by atoms with van der Waals surface area (Å²) in [5.41, 5.74) is 0.357. The van der Waals surface area contributed by atoms with Crippen LogP contribution >= 0.6 is 11.6 Å². The molecule has 1 heterocycles. The maximum absolute atomic E-state index is 12.2. The maximum atomic E-state index is 12.2. The number of halogens is 1. The number of rotatable bonds is 3. The van der Waals surface area contributed by atoms with Crippen LogP contribution in [0.25, 0.3) is 0 Å². The van der Waals surface area contributed by atoms with Crippen LogP contribution in [0.1, 0.15) is 5.69 Å². The highest BCUT2D eigenvalue weighted by Gasteiger charge is 2.15. The molecule has 21 heavy (non-hydrogen) atoms. The molecule has 0 amide bonds. The first-order chi connectivity index (χ1) is 10.0. The summed E-state index contributed by atoms with van der Waals surface area (Å²) in [6.07, 6.45) is 0. The van der Waals surface area contributed by atoms with E-state index in [1.54, 1.807) is 24.3 Å². The van der Waals surface area contributed by atoms with E-state index in [9.17, 15) is 8.42 Å². The van der Waals surface area contributed by atoms with Gasteiger partial charge in [0, 0.05) is 5.02 Å². The molecule has 2 N–H and O–H groups in total. The third-order valence-electron chi connectivity index (χ3n) is 2.39. The lowest BCUT2D eigenvalue weighted by Crippen LogP contribution is -2.14. The van der Waals surface area contributed by atoms with Crippen molar-refractivity contribution in [2.24, 2.45) is 0 Å². The highest BCUT2D eigenvalue weighted by atomic mass is 35.5. The van der Waals surface area contributed by atoms with Crippen LogP contribution in [0.4, 0.5) is 5.82 Å². The van der Waals surface area contributed by atoms with Crippen LogP contribution in [0.15, 0.2) is 47.4 Å². The fraction of sp³-hybridized carbons (Fsp3) is 0.0714. The number of nitrogens with one attached hydrogen (secondary N) is 1. The summed E-state index contributed by atoms with van der Waals surface area (Å²) in [5, 5.41) is 8.96. The van der Waals surface area contributed by atoms with Gasteiger partial charge in [0.05, 0.1) is 4.90 Å². The van der Waals surface area contributed by atoms with Crippen LogP contribution in [0.3, 0.4) is 0 Å². The van der Waals surface area contributed by atoms with Crippen LogP contribution in [-0.2, 0) is 10.0 Å². The van der Waals surface area contributed by atoms with E-state index in [-0.39, 0.29) is 17.3 Å². The Hall–Kier alpha value is -2.07. The van der Waals surface area contributed by atoms with E-state index in [4.69, 9.17) is 16.7 Å². The van der Waals surface area contributed by atoms with Crippen LogP contribution in [0.2, 0.25) is 5.02 Å². The topological polar surface area (TPSA) is 79.3 Å². The van der Waals surface area contributed by atoms with Crippen LogP contribution in [-0.4, -0.2) is 25.1 Å². The Morgan fingerprint density at radius 3 is 2.71 bits per heavy atom. The smallest absolute Gasteiger partial charge is 0.263 e. The number of aliphatic hydroxyl groups is 1. The molecule has 0 aliphatic heterocycles. The van der Waals surface area contributed by atoms with Gasteiger partial charge in [-0.25, -0.2) is 13.4 Å². The quantitative estimate of drug-likeness (QED) is 0.846. The third kappa shape index (κ3) is 4.20. The van der Waals surface area contributed by atoms with E-state index < -0.39 is 10.0 Å². The summed E-state index contributed by atoms with van der Waals surface area (Å²) in [6.45, 7) is -0.292. The molecule has 108 valence electrons. The number of aromatic nitrogens is 1. The lowest BCUT2D eigenvalue weighted by Gasteiger charge is -2.07. The second-order valence-corrected chi connectivity index (χ2v) is 6.05. The number of aliphatic hydroxyl groups excluding tert-OH is 1. The zero-order chi connectivity index (χ0) is 15.3. The Bertz CT molecular complexity index is 810. The number of pyridine rings is 1. The minimum atomic E-state index is -3.77. The summed E-state index contributed by atoms with van der Waals surface area (Å²) < 4.78 is 26.7. The predicted molar refractivity (Wildman–Crippen MR) is 80.5 cm³/mol. The van der Waals surface area contributed by atoms with Crippen molar-refractivity contribution in [2.45, 2.75) is 4.90 Å². The van der Waals surface area contributed by atoms with Gasteiger partial charge in [0.2, 0.25) is 0 Å². The lowest BCUT2D eigenvalue weighted by molar-refractivity contribution is 0.350. The van der Waals surface area contributed by atoms with Gasteiger partial charge in [-0.15, -0.1) is 0 Å². The largest absolute Gasteiger partial charge is 0.384 e. The van der Waals surface area contributed by atoms with E-state index >= 15 is 0 Å².